The van der Waals surface area contributed by atoms with E-state index in [1.807, 2.05) is 0 Å². The lowest BCUT2D eigenvalue weighted by atomic mass is 10.1. The van der Waals surface area contributed by atoms with Crippen molar-refractivity contribution < 1.29 is 4.74 Å². The highest BCUT2D eigenvalue weighted by Crippen LogP contribution is 2.28. The molecule has 1 aliphatic heterocycles. The Morgan fingerprint density at radius 1 is 1.00 bits per heavy atom. The molecule has 1 aromatic carbocycles. The molecule has 1 saturated heterocycles. The molecule has 0 bridgehead atoms. The molecule has 0 unspecified atom stereocenters. The van der Waals surface area contributed by atoms with Crippen molar-refractivity contribution >= 4 is 10.9 Å². The number of piperidine rings is 1. The molecule has 2 aromatic heterocycles. The van der Waals surface area contributed by atoms with E-state index in [1.165, 1.54) is 54.5 Å². The molecule has 3 heterocycles. The predicted molar refractivity (Wildman–Crippen MR) is 98.4 cm³/mol. The van der Waals surface area contributed by atoms with Crippen molar-refractivity contribution in [1.29, 1.82) is 0 Å². The Kier molecular flexibility index (Phi) is 4.65. The zero-order chi connectivity index (χ0) is 17.1. The van der Waals surface area contributed by atoms with Gasteiger partial charge in [0, 0.05) is 36.9 Å². The number of likely N-dealkylation sites (tertiary alicyclic amines) is 1. The van der Waals surface area contributed by atoms with Crippen LogP contribution in [0.4, 0.5) is 0 Å². The average molecular weight is 336 g/mol. The Labute approximate surface area is 148 Å². The number of rotatable bonds is 5. The summed E-state index contributed by atoms with van der Waals surface area (Å²) in [6.07, 6.45) is 7.37. The van der Waals surface area contributed by atoms with Crippen LogP contribution in [0.3, 0.4) is 0 Å². The van der Waals surface area contributed by atoms with Crippen LogP contribution < -0.4 is 4.74 Å². The van der Waals surface area contributed by atoms with Gasteiger partial charge in [-0.1, -0.05) is 24.6 Å². The summed E-state index contributed by atoms with van der Waals surface area (Å²) in [5.41, 5.74) is 3.83. The third-order valence-electron chi connectivity index (χ3n) is 5.05. The Morgan fingerprint density at radius 2 is 1.76 bits per heavy atom. The molecule has 130 valence electrons. The Hall–Kier alpha value is -2.40. The first-order valence-electron chi connectivity index (χ1n) is 9.00. The fraction of sp³-hybridized carbons (Fsp3) is 0.400. The molecule has 0 saturated carbocycles. The van der Waals surface area contributed by atoms with E-state index in [0.29, 0.717) is 12.6 Å². The third-order valence-corrected chi connectivity index (χ3v) is 5.05. The molecule has 4 rings (SSSR count). The second-order valence-electron chi connectivity index (χ2n) is 6.66. The second kappa shape index (κ2) is 7.23. The van der Waals surface area contributed by atoms with Gasteiger partial charge in [-0.15, -0.1) is 0 Å². The van der Waals surface area contributed by atoms with Crippen LogP contribution in [0.1, 0.15) is 30.5 Å². The molecule has 0 spiro atoms. The van der Waals surface area contributed by atoms with Crippen molar-refractivity contribution in [3.05, 3.63) is 54.0 Å². The van der Waals surface area contributed by atoms with Crippen molar-refractivity contribution in [3.63, 3.8) is 0 Å². The molecule has 5 nitrogen and oxygen atoms in total. The molecule has 1 aliphatic rings. The molecule has 0 radical (unpaired) electrons. The summed E-state index contributed by atoms with van der Waals surface area (Å²) in [5.74, 6) is 0. The van der Waals surface area contributed by atoms with Crippen molar-refractivity contribution in [3.8, 4) is 6.01 Å². The summed E-state index contributed by atoms with van der Waals surface area (Å²) in [7, 11) is 2.12. The fourth-order valence-electron chi connectivity index (χ4n) is 3.72. The Bertz CT molecular complexity index is 838. The van der Waals surface area contributed by atoms with Crippen LogP contribution in [0, 0.1) is 0 Å². The molecular formula is C20H24N4O. The lowest BCUT2D eigenvalue weighted by molar-refractivity contribution is 0.217. The molecule has 0 atom stereocenters. The fourth-order valence-corrected chi connectivity index (χ4v) is 3.72. The summed E-state index contributed by atoms with van der Waals surface area (Å²) in [6, 6.07) is 10.8. The number of fused-ring (bicyclic) bond motifs is 1. The minimum atomic E-state index is 0.427. The summed E-state index contributed by atoms with van der Waals surface area (Å²) < 4.78 is 8.12. The van der Waals surface area contributed by atoms with E-state index in [9.17, 15) is 0 Å². The SMILES string of the molecule is Cn1c(COc2ncccn2)c(CN2CCCCC2)c2ccccc21. The number of hydrogen-bond acceptors (Lipinski definition) is 4. The van der Waals surface area contributed by atoms with E-state index >= 15 is 0 Å². The van der Waals surface area contributed by atoms with Crippen LogP contribution in [-0.2, 0) is 20.2 Å². The summed E-state index contributed by atoms with van der Waals surface area (Å²) >= 11 is 0. The minimum absolute atomic E-state index is 0.427. The smallest absolute Gasteiger partial charge is 0.316 e. The first kappa shape index (κ1) is 16.1. The number of ether oxygens (including phenoxy) is 1. The molecule has 1 fully saturated rings. The predicted octanol–water partition coefficient (Wildman–Crippen LogP) is 3.53. The maximum Gasteiger partial charge on any atom is 0.316 e. The van der Waals surface area contributed by atoms with Gasteiger partial charge in [-0.3, -0.25) is 4.90 Å². The number of aryl methyl sites for hydroxylation is 1. The molecule has 0 amide bonds. The Morgan fingerprint density at radius 3 is 2.56 bits per heavy atom. The largest absolute Gasteiger partial charge is 0.457 e. The highest BCUT2D eigenvalue weighted by molar-refractivity contribution is 5.85. The standard InChI is InChI=1S/C20H24N4O/c1-23-18-9-4-3-8-16(18)17(14-24-12-5-2-6-13-24)19(23)15-25-20-21-10-7-11-22-20/h3-4,7-11H,2,5-6,12-15H2,1H3. The van der Waals surface area contributed by atoms with Crippen LogP contribution in [0.25, 0.3) is 10.9 Å². The van der Waals surface area contributed by atoms with Gasteiger partial charge >= 0.3 is 6.01 Å². The topological polar surface area (TPSA) is 43.2 Å². The number of para-hydroxylation sites is 1. The summed E-state index contributed by atoms with van der Waals surface area (Å²) in [4.78, 5) is 10.9. The van der Waals surface area contributed by atoms with Gasteiger partial charge in [-0.05, 0) is 43.6 Å². The maximum absolute atomic E-state index is 5.87. The van der Waals surface area contributed by atoms with Gasteiger partial charge in [0.05, 0.1) is 5.69 Å². The van der Waals surface area contributed by atoms with Gasteiger partial charge in [0.25, 0.3) is 0 Å². The average Bonchev–Trinajstić information content (AvgIpc) is 2.94. The minimum Gasteiger partial charge on any atom is -0.457 e. The normalized spacial score (nSPS) is 15.6. The van der Waals surface area contributed by atoms with Crippen LogP contribution in [0.5, 0.6) is 6.01 Å². The van der Waals surface area contributed by atoms with E-state index < -0.39 is 0 Å². The highest BCUT2D eigenvalue weighted by Gasteiger charge is 2.19. The maximum atomic E-state index is 5.87. The van der Waals surface area contributed by atoms with E-state index in [-0.39, 0.29) is 0 Å². The van der Waals surface area contributed by atoms with Crippen LogP contribution in [0.2, 0.25) is 0 Å². The lowest BCUT2D eigenvalue weighted by Gasteiger charge is -2.26. The molecule has 25 heavy (non-hydrogen) atoms. The van der Waals surface area contributed by atoms with Crippen molar-refractivity contribution in [1.82, 2.24) is 19.4 Å². The number of aromatic nitrogens is 3. The molecular weight excluding hydrogens is 312 g/mol. The zero-order valence-corrected chi connectivity index (χ0v) is 14.7. The van der Waals surface area contributed by atoms with Gasteiger partial charge in [0.2, 0.25) is 0 Å². The van der Waals surface area contributed by atoms with E-state index in [1.54, 1.807) is 18.5 Å². The van der Waals surface area contributed by atoms with Gasteiger partial charge in [-0.2, -0.15) is 0 Å². The van der Waals surface area contributed by atoms with Crippen molar-refractivity contribution in [2.75, 3.05) is 13.1 Å². The van der Waals surface area contributed by atoms with Crippen molar-refractivity contribution in [2.24, 2.45) is 7.05 Å². The van der Waals surface area contributed by atoms with Crippen LogP contribution in [0.15, 0.2) is 42.7 Å². The highest BCUT2D eigenvalue weighted by atomic mass is 16.5. The Balaban J connectivity index is 1.65. The monoisotopic (exact) mass is 336 g/mol. The second-order valence-corrected chi connectivity index (χ2v) is 6.66. The summed E-state index contributed by atoms with van der Waals surface area (Å²) in [5, 5.41) is 1.32. The van der Waals surface area contributed by atoms with E-state index in [2.05, 4.69) is 50.7 Å². The molecule has 0 N–H and O–H groups in total. The number of benzene rings is 1. The van der Waals surface area contributed by atoms with Gasteiger partial charge in [0.1, 0.15) is 6.61 Å². The van der Waals surface area contributed by atoms with Crippen LogP contribution >= 0.6 is 0 Å². The third kappa shape index (κ3) is 3.37. The molecule has 3 aromatic rings. The lowest BCUT2D eigenvalue weighted by Crippen LogP contribution is -2.29. The summed E-state index contributed by atoms with van der Waals surface area (Å²) in [6.45, 7) is 3.84. The van der Waals surface area contributed by atoms with Gasteiger partial charge < -0.3 is 9.30 Å². The molecule has 5 heteroatoms. The van der Waals surface area contributed by atoms with Crippen molar-refractivity contribution in [2.45, 2.75) is 32.4 Å². The van der Waals surface area contributed by atoms with E-state index in [0.717, 1.165) is 6.54 Å². The number of hydrogen-bond donors (Lipinski definition) is 0. The van der Waals surface area contributed by atoms with Gasteiger partial charge in [0.15, 0.2) is 0 Å². The first-order chi connectivity index (χ1) is 12.3. The van der Waals surface area contributed by atoms with Crippen LogP contribution in [-0.4, -0.2) is 32.5 Å². The van der Waals surface area contributed by atoms with Gasteiger partial charge in [-0.25, -0.2) is 9.97 Å². The van der Waals surface area contributed by atoms with E-state index in [4.69, 9.17) is 4.74 Å². The zero-order valence-electron chi connectivity index (χ0n) is 14.7. The quantitative estimate of drug-likeness (QED) is 0.715. The first-order valence-corrected chi connectivity index (χ1v) is 9.00. The number of nitrogens with zero attached hydrogens (tertiary/aromatic N) is 4. The molecule has 0 aliphatic carbocycles.